The quantitative estimate of drug-likeness (QED) is 0.415. The van der Waals surface area contributed by atoms with Gasteiger partial charge in [0.25, 0.3) is 0 Å². The number of hydrogen-bond acceptors (Lipinski definition) is 3. The molecule has 28 heavy (non-hydrogen) atoms. The van der Waals surface area contributed by atoms with E-state index in [4.69, 9.17) is 0 Å². The normalized spacial score (nSPS) is 18.9. The van der Waals surface area contributed by atoms with Gasteiger partial charge in [-0.1, -0.05) is 26.7 Å². The highest BCUT2D eigenvalue weighted by molar-refractivity contribution is 5.85. The molecular weight excluding hydrogens is 350 g/mol. The lowest BCUT2D eigenvalue weighted by molar-refractivity contribution is -0.126. The first kappa shape index (κ1) is 23.2. The third-order valence-corrected chi connectivity index (χ3v) is 6.64. The molecule has 0 atom stereocenters. The fraction of sp³-hybridized carbons (Fsp3) is 0.913. The zero-order valence-corrected chi connectivity index (χ0v) is 18.7. The lowest BCUT2D eigenvalue weighted by Gasteiger charge is -2.26. The van der Waals surface area contributed by atoms with Gasteiger partial charge in [0.2, 0.25) is 11.8 Å². The highest BCUT2D eigenvalue weighted by atomic mass is 16.2. The molecule has 0 aromatic carbocycles. The van der Waals surface area contributed by atoms with E-state index in [2.05, 4.69) is 43.2 Å². The Kier molecular flexibility index (Phi) is 8.79. The number of carbonyl (C=O) groups is 2. The van der Waals surface area contributed by atoms with E-state index in [0.717, 1.165) is 64.7 Å². The number of hydrogen-bond donors (Lipinski definition) is 2. The van der Waals surface area contributed by atoms with Crippen LogP contribution in [0.3, 0.4) is 0 Å². The fourth-order valence-electron chi connectivity index (χ4n) is 3.52. The maximum absolute atomic E-state index is 11.9. The number of carbonyl (C=O) groups excluding carboxylic acids is 2. The van der Waals surface area contributed by atoms with E-state index in [1.54, 1.807) is 0 Å². The average molecular weight is 394 g/mol. The minimum Gasteiger partial charge on any atom is -0.356 e. The monoisotopic (exact) mass is 393 g/mol. The molecule has 2 saturated carbocycles. The summed E-state index contributed by atoms with van der Waals surface area (Å²) in [6, 6.07) is 0.573. The third kappa shape index (κ3) is 7.73. The molecule has 2 aliphatic rings. The number of nitrogens with zero attached hydrogens (tertiary/aromatic N) is 1. The third-order valence-electron chi connectivity index (χ3n) is 6.64. The van der Waals surface area contributed by atoms with Crippen LogP contribution in [0.25, 0.3) is 0 Å². The van der Waals surface area contributed by atoms with Crippen LogP contribution in [0.2, 0.25) is 0 Å². The van der Waals surface area contributed by atoms with E-state index in [1.807, 2.05) is 0 Å². The molecule has 0 radical (unpaired) electrons. The maximum Gasteiger partial charge on any atom is 0.225 e. The van der Waals surface area contributed by atoms with Crippen LogP contribution in [0.15, 0.2) is 0 Å². The van der Waals surface area contributed by atoms with Crippen LogP contribution in [-0.2, 0) is 9.59 Å². The summed E-state index contributed by atoms with van der Waals surface area (Å²) in [5.74, 6) is 0.498. The van der Waals surface area contributed by atoms with Gasteiger partial charge in [-0.3, -0.25) is 9.59 Å². The molecule has 5 heteroatoms. The topological polar surface area (TPSA) is 61.4 Å². The average Bonchev–Trinajstić information content (AvgIpc) is 3.57. The molecule has 2 amide bonds. The molecule has 2 fully saturated rings. The van der Waals surface area contributed by atoms with Crippen molar-refractivity contribution in [2.75, 3.05) is 26.2 Å². The van der Waals surface area contributed by atoms with Gasteiger partial charge in [0, 0.05) is 30.0 Å². The van der Waals surface area contributed by atoms with Crippen molar-refractivity contribution in [3.63, 3.8) is 0 Å². The first-order chi connectivity index (χ1) is 13.3. The summed E-state index contributed by atoms with van der Waals surface area (Å²) in [5, 5.41) is 6.18. The lowest BCUT2D eigenvalue weighted by atomic mass is 10.1. The Morgan fingerprint density at radius 3 is 1.46 bits per heavy atom. The number of amides is 2. The summed E-state index contributed by atoms with van der Waals surface area (Å²) < 4.78 is 0. The molecular formula is C23H43N3O2. The molecule has 0 aromatic rings. The Morgan fingerprint density at radius 1 is 0.750 bits per heavy atom. The van der Waals surface area contributed by atoms with Crippen molar-refractivity contribution >= 4 is 11.8 Å². The van der Waals surface area contributed by atoms with Gasteiger partial charge in [-0.05, 0) is 78.3 Å². The van der Waals surface area contributed by atoms with Crippen LogP contribution in [-0.4, -0.2) is 48.9 Å². The molecule has 0 unspecified atom stereocenters. The second-order valence-electron chi connectivity index (χ2n) is 9.88. The zero-order chi connectivity index (χ0) is 20.6. The molecule has 2 aliphatic carbocycles. The van der Waals surface area contributed by atoms with Gasteiger partial charge >= 0.3 is 0 Å². The number of nitrogens with one attached hydrogen (secondary N) is 2. The van der Waals surface area contributed by atoms with E-state index < -0.39 is 0 Å². The van der Waals surface area contributed by atoms with Crippen molar-refractivity contribution in [1.29, 1.82) is 0 Å². The Morgan fingerprint density at radius 2 is 1.14 bits per heavy atom. The molecule has 0 spiro atoms. The van der Waals surface area contributed by atoms with E-state index in [0.29, 0.717) is 6.04 Å². The molecule has 5 nitrogen and oxygen atoms in total. The van der Waals surface area contributed by atoms with Crippen molar-refractivity contribution in [3.8, 4) is 0 Å². The second kappa shape index (κ2) is 10.6. The van der Waals surface area contributed by atoms with Crippen molar-refractivity contribution in [2.45, 2.75) is 97.9 Å². The molecule has 2 rings (SSSR count). The van der Waals surface area contributed by atoms with Crippen LogP contribution < -0.4 is 10.6 Å². The van der Waals surface area contributed by atoms with Crippen LogP contribution in [0, 0.1) is 10.8 Å². The van der Waals surface area contributed by atoms with Crippen LogP contribution in [0.5, 0.6) is 0 Å². The highest BCUT2D eigenvalue weighted by Gasteiger charge is 2.45. The Balaban J connectivity index is 1.44. The predicted octanol–water partition coefficient (Wildman–Crippen LogP) is 3.87. The molecule has 162 valence electrons. The molecule has 0 saturated heterocycles. The van der Waals surface area contributed by atoms with Crippen LogP contribution in [0.4, 0.5) is 0 Å². The Bertz CT molecular complexity index is 468. The number of unbranched alkanes of at least 4 members (excludes halogenated alkanes) is 4. The number of rotatable bonds is 15. The smallest absolute Gasteiger partial charge is 0.225 e. The summed E-state index contributed by atoms with van der Waals surface area (Å²) in [6.07, 6.45) is 11.1. The van der Waals surface area contributed by atoms with E-state index in [1.165, 1.54) is 25.7 Å². The minimum absolute atomic E-state index is 0.0485. The summed E-state index contributed by atoms with van der Waals surface area (Å²) in [5.41, 5.74) is -0.0970. The Labute approximate surface area is 172 Å². The molecule has 0 aromatic heterocycles. The van der Waals surface area contributed by atoms with Gasteiger partial charge in [0.05, 0.1) is 0 Å². The largest absolute Gasteiger partial charge is 0.356 e. The standard InChI is InChI=1S/C23H43N3O2/c1-19(2)26(17-9-5-7-15-24-20(27)22(3)11-12-22)18-10-6-8-16-25-21(28)23(4)13-14-23/h19H,5-18H2,1-4H3,(H,24,27)(H,25,28). The zero-order valence-electron chi connectivity index (χ0n) is 18.7. The highest BCUT2D eigenvalue weighted by Crippen LogP contribution is 2.45. The molecule has 0 bridgehead atoms. The summed E-state index contributed by atoms with van der Waals surface area (Å²) in [4.78, 5) is 26.4. The van der Waals surface area contributed by atoms with Gasteiger partial charge in [-0.15, -0.1) is 0 Å². The van der Waals surface area contributed by atoms with Crippen molar-refractivity contribution in [3.05, 3.63) is 0 Å². The van der Waals surface area contributed by atoms with Gasteiger partial charge in [-0.25, -0.2) is 0 Å². The van der Waals surface area contributed by atoms with Gasteiger partial charge in [0.1, 0.15) is 0 Å². The molecule has 0 aliphatic heterocycles. The first-order valence-electron chi connectivity index (χ1n) is 11.6. The van der Waals surface area contributed by atoms with Crippen molar-refractivity contribution in [1.82, 2.24) is 15.5 Å². The minimum atomic E-state index is -0.0485. The maximum atomic E-state index is 11.9. The second-order valence-corrected chi connectivity index (χ2v) is 9.88. The Hall–Kier alpha value is -1.10. The van der Waals surface area contributed by atoms with Gasteiger partial charge in [0.15, 0.2) is 0 Å². The molecule has 2 N–H and O–H groups in total. The van der Waals surface area contributed by atoms with E-state index in [-0.39, 0.29) is 22.6 Å². The van der Waals surface area contributed by atoms with E-state index in [9.17, 15) is 9.59 Å². The van der Waals surface area contributed by atoms with Crippen LogP contribution >= 0.6 is 0 Å². The molecule has 0 heterocycles. The summed E-state index contributed by atoms with van der Waals surface area (Å²) in [6.45, 7) is 12.6. The first-order valence-corrected chi connectivity index (χ1v) is 11.6. The fourth-order valence-corrected chi connectivity index (χ4v) is 3.52. The van der Waals surface area contributed by atoms with E-state index >= 15 is 0 Å². The summed E-state index contributed by atoms with van der Waals surface area (Å²) in [7, 11) is 0. The van der Waals surface area contributed by atoms with Gasteiger partial charge in [-0.2, -0.15) is 0 Å². The predicted molar refractivity (Wildman–Crippen MR) is 115 cm³/mol. The summed E-state index contributed by atoms with van der Waals surface area (Å²) >= 11 is 0. The van der Waals surface area contributed by atoms with Crippen molar-refractivity contribution < 1.29 is 9.59 Å². The van der Waals surface area contributed by atoms with Gasteiger partial charge < -0.3 is 15.5 Å². The van der Waals surface area contributed by atoms with Crippen LogP contribution in [0.1, 0.15) is 91.9 Å². The lowest BCUT2D eigenvalue weighted by Crippen LogP contribution is -2.33. The SMILES string of the molecule is CC(C)N(CCCCCNC(=O)C1(C)CC1)CCCCCNC(=O)C1(C)CC1. The van der Waals surface area contributed by atoms with Crippen molar-refractivity contribution in [2.24, 2.45) is 10.8 Å².